The maximum absolute atomic E-state index is 13.1. The van der Waals surface area contributed by atoms with E-state index in [4.69, 9.17) is 0 Å². The number of sulfonamides is 1. The number of hydrogen-bond acceptors (Lipinski definition) is 3. The highest BCUT2D eigenvalue weighted by Crippen LogP contribution is 2.19. The fourth-order valence-electron chi connectivity index (χ4n) is 2.73. The van der Waals surface area contributed by atoms with Gasteiger partial charge in [0.15, 0.2) is 0 Å². The van der Waals surface area contributed by atoms with Crippen LogP contribution in [0, 0.1) is 5.82 Å². The molecule has 0 saturated carbocycles. The molecule has 146 valence electrons. The second-order valence-corrected chi connectivity index (χ2v) is 8.44. The Morgan fingerprint density at radius 1 is 1.11 bits per heavy atom. The summed E-state index contributed by atoms with van der Waals surface area (Å²) in [5.74, 6) is -0.355. The number of nitrogens with one attached hydrogen (secondary N) is 1. The second kappa shape index (κ2) is 9.50. The zero-order valence-corrected chi connectivity index (χ0v) is 16.4. The number of amides is 1. The number of benzene rings is 2. The molecule has 5 nitrogen and oxygen atoms in total. The lowest BCUT2D eigenvalue weighted by molar-refractivity contribution is -0.121. The molecule has 7 heteroatoms. The van der Waals surface area contributed by atoms with E-state index in [-0.39, 0.29) is 24.8 Å². The van der Waals surface area contributed by atoms with Crippen molar-refractivity contribution in [1.29, 1.82) is 0 Å². The molecule has 2 rings (SSSR count). The average Bonchev–Trinajstić information content (AvgIpc) is 2.64. The van der Waals surface area contributed by atoms with Crippen LogP contribution in [0.5, 0.6) is 0 Å². The first-order chi connectivity index (χ1) is 12.8. The highest BCUT2D eigenvalue weighted by Gasteiger charge is 2.17. The van der Waals surface area contributed by atoms with Crippen molar-refractivity contribution in [3.63, 3.8) is 0 Å². The van der Waals surface area contributed by atoms with Crippen molar-refractivity contribution in [2.45, 2.75) is 25.7 Å². The molecule has 0 aromatic heterocycles. The summed E-state index contributed by atoms with van der Waals surface area (Å²) < 4.78 is 38.2. The lowest BCUT2D eigenvalue weighted by Crippen LogP contribution is -2.32. The van der Waals surface area contributed by atoms with E-state index in [0.29, 0.717) is 18.7 Å². The van der Waals surface area contributed by atoms with Crippen LogP contribution in [0.3, 0.4) is 0 Å². The Morgan fingerprint density at radius 3 is 2.33 bits per heavy atom. The lowest BCUT2D eigenvalue weighted by atomic mass is 10.0. The van der Waals surface area contributed by atoms with Crippen LogP contribution in [0.1, 0.15) is 31.2 Å². The van der Waals surface area contributed by atoms with Gasteiger partial charge in [-0.15, -0.1) is 0 Å². The first-order valence-corrected chi connectivity index (χ1v) is 10.7. The second-order valence-electron chi connectivity index (χ2n) is 6.53. The number of rotatable bonds is 9. The van der Waals surface area contributed by atoms with Gasteiger partial charge in [0.2, 0.25) is 15.9 Å². The zero-order valence-electron chi connectivity index (χ0n) is 15.6. The maximum atomic E-state index is 13.1. The predicted molar refractivity (Wildman–Crippen MR) is 106 cm³/mol. The first kappa shape index (κ1) is 20.9. The quantitative estimate of drug-likeness (QED) is 0.712. The number of hydrogen-bond donors (Lipinski definition) is 1. The van der Waals surface area contributed by atoms with E-state index < -0.39 is 15.8 Å². The molecule has 0 fully saturated rings. The monoisotopic (exact) mass is 392 g/mol. The van der Waals surface area contributed by atoms with Gasteiger partial charge >= 0.3 is 0 Å². The third-order valence-corrected chi connectivity index (χ3v) is 5.45. The Morgan fingerprint density at radius 2 is 1.74 bits per heavy atom. The summed E-state index contributed by atoms with van der Waals surface area (Å²) in [6.07, 6.45) is 1.68. The third-order valence-electron chi connectivity index (χ3n) is 4.25. The average molecular weight is 392 g/mol. The summed E-state index contributed by atoms with van der Waals surface area (Å²) in [6.45, 7) is 2.72. The molecular weight excluding hydrogens is 367 g/mol. The molecule has 1 N–H and O–H groups in total. The van der Waals surface area contributed by atoms with Crippen LogP contribution in [-0.2, 0) is 14.8 Å². The van der Waals surface area contributed by atoms with E-state index in [1.165, 1.54) is 28.6 Å². The molecule has 0 heterocycles. The van der Waals surface area contributed by atoms with Gasteiger partial charge in [-0.1, -0.05) is 37.3 Å². The Hall–Kier alpha value is -2.41. The summed E-state index contributed by atoms with van der Waals surface area (Å²) in [5.41, 5.74) is 1.54. The highest BCUT2D eigenvalue weighted by molar-refractivity contribution is 7.92. The Bertz CT molecular complexity index is 839. The van der Waals surface area contributed by atoms with E-state index in [9.17, 15) is 17.6 Å². The minimum atomic E-state index is -3.51. The molecule has 0 spiro atoms. The van der Waals surface area contributed by atoms with Crippen LogP contribution in [0.25, 0.3) is 0 Å². The Kier molecular flexibility index (Phi) is 7.36. The van der Waals surface area contributed by atoms with E-state index in [1.54, 1.807) is 0 Å². The maximum Gasteiger partial charge on any atom is 0.232 e. The largest absolute Gasteiger partial charge is 0.356 e. The van der Waals surface area contributed by atoms with Gasteiger partial charge in [0.25, 0.3) is 0 Å². The van der Waals surface area contributed by atoms with Crippen molar-refractivity contribution in [3.8, 4) is 0 Å². The SMILES string of the molecule is C[C@@H](CNC(=O)CCCN(c1ccc(F)cc1)S(C)(=O)=O)c1ccccc1. The number of carbonyl (C=O) groups excluding carboxylic acids is 1. The molecular formula is C20H25FN2O3S. The smallest absolute Gasteiger partial charge is 0.232 e. The van der Waals surface area contributed by atoms with Gasteiger partial charge in [-0.3, -0.25) is 9.10 Å². The zero-order chi connectivity index (χ0) is 19.9. The molecule has 0 bridgehead atoms. The summed E-state index contributed by atoms with van der Waals surface area (Å²) in [4.78, 5) is 12.1. The van der Waals surface area contributed by atoms with E-state index in [0.717, 1.165) is 11.8 Å². The molecule has 0 aliphatic rings. The summed E-state index contributed by atoms with van der Waals surface area (Å²) in [6, 6.07) is 15.2. The van der Waals surface area contributed by atoms with Gasteiger partial charge in [0.1, 0.15) is 5.82 Å². The molecule has 0 unspecified atom stereocenters. The Balaban J connectivity index is 1.83. The van der Waals surface area contributed by atoms with Crippen LogP contribution in [-0.4, -0.2) is 33.7 Å². The molecule has 2 aromatic carbocycles. The Labute approximate surface area is 160 Å². The number of nitrogens with zero attached hydrogens (tertiary/aromatic N) is 1. The van der Waals surface area contributed by atoms with E-state index in [2.05, 4.69) is 5.32 Å². The molecule has 1 atom stereocenters. The first-order valence-electron chi connectivity index (χ1n) is 8.82. The lowest BCUT2D eigenvalue weighted by Gasteiger charge is -2.22. The van der Waals surface area contributed by atoms with Gasteiger partial charge in [-0.25, -0.2) is 12.8 Å². The predicted octanol–water partition coefficient (Wildman–Crippen LogP) is 3.29. The van der Waals surface area contributed by atoms with Crippen LogP contribution in [0.15, 0.2) is 54.6 Å². The van der Waals surface area contributed by atoms with Gasteiger partial charge < -0.3 is 5.32 Å². The molecule has 1 amide bonds. The van der Waals surface area contributed by atoms with Crippen molar-refractivity contribution < 1.29 is 17.6 Å². The molecule has 0 radical (unpaired) electrons. The van der Waals surface area contributed by atoms with Crippen molar-refractivity contribution in [3.05, 3.63) is 66.0 Å². The number of anilines is 1. The highest BCUT2D eigenvalue weighted by atomic mass is 32.2. The van der Waals surface area contributed by atoms with Crippen molar-refractivity contribution in [1.82, 2.24) is 5.32 Å². The van der Waals surface area contributed by atoms with Crippen LogP contribution in [0.4, 0.5) is 10.1 Å². The van der Waals surface area contributed by atoms with Crippen molar-refractivity contribution in [2.75, 3.05) is 23.7 Å². The normalized spacial score (nSPS) is 12.4. The van der Waals surface area contributed by atoms with Crippen molar-refractivity contribution in [2.24, 2.45) is 0 Å². The van der Waals surface area contributed by atoms with E-state index >= 15 is 0 Å². The summed E-state index contributed by atoms with van der Waals surface area (Å²) in [5, 5.41) is 2.88. The van der Waals surface area contributed by atoms with Crippen molar-refractivity contribution >= 4 is 21.6 Å². The molecule has 0 aliphatic heterocycles. The molecule has 0 saturated heterocycles. The number of carbonyl (C=O) groups is 1. The van der Waals surface area contributed by atoms with Crippen LogP contribution >= 0.6 is 0 Å². The minimum absolute atomic E-state index is 0.120. The van der Waals surface area contributed by atoms with Gasteiger partial charge in [0.05, 0.1) is 11.9 Å². The van der Waals surface area contributed by atoms with Gasteiger partial charge in [-0.2, -0.15) is 0 Å². The minimum Gasteiger partial charge on any atom is -0.356 e. The summed E-state index contributed by atoms with van der Waals surface area (Å²) >= 11 is 0. The van der Waals surface area contributed by atoms with E-state index in [1.807, 2.05) is 37.3 Å². The molecule has 0 aliphatic carbocycles. The fraction of sp³-hybridized carbons (Fsp3) is 0.350. The standard InChI is InChI=1S/C20H25FN2O3S/c1-16(17-7-4-3-5-8-17)15-22-20(24)9-6-14-23(27(2,25)26)19-12-10-18(21)11-13-19/h3-5,7-8,10-13,16H,6,9,14-15H2,1-2H3,(H,22,24)/t16-/m0/s1. The third kappa shape index (κ3) is 6.67. The van der Waals surface area contributed by atoms with Gasteiger partial charge in [0, 0.05) is 19.5 Å². The molecule has 27 heavy (non-hydrogen) atoms. The van der Waals surface area contributed by atoms with Gasteiger partial charge in [-0.05, 0) is 42.2 Å². The fourth-order valence-corrected chi connectivity index (χ4v) is 3.70. The summed E-state index contributed by atoms with van der Waals surface area (Å²) in [7, 11) is -3.51. The topological polar surface area (TPSA) is 66.5 Å². The molecule has 2 aromatic rings. The van der Waals surface area contributed by atoms with Crippen LogP contribution < -0.4 is 9.62 Å². The number of halogens is 1. The van der Waals surface area contributed by atoms with Crippen LogP contribution in [0.2, 0.25) is 0 Å².